The first kappa shape index (κ1) is 20.5. The van der Waals surface area contributed by atoms with Crippen LogP contribution < -0.4 is 10.1 Å². The topological polar surface area (TPSA) is 63.2 Å². The van der Waals surface area contributed by atoms with Gasteiger partial charge in [0.1, 0.15) is 11.3 Å². The molecular weight excluding hydrogens is 318 g/mol. The van der Waals surface area contributed by atoms with Crippen LogP contribution in [-0.4, -0.2) is 51.2 Å². The first-order valence-corrected chi connectivity index (χ1v) is 8.42. The normalized spacial score (nSPS) is 11.0. The fourth-order valence-electron chi connectivity index (χ4n) is 2.34. The van der Waals surface area contributed by atoms with Crippen molar-refractivity contribution in [2.45, 2.75) is 26.3 Å². The molecule has 1 aromatic rings. The molecule has 6 nitrogen and oxygen atoms in total. The minimum Gasteiger partial charge on any atom is -0.496 e. The molecule has 0 atom stereocenters. The van der Waals surface area contributed by atoms with Gasteiger partial charge in [-0.3, -0.25) is 0 Å². The van der Waals surface area contributed by atoms with Gasteiger partial charge in [-0.15, -0.1) is 6.58 Å². The first-order chi connectivity index (χ1) is 12.1. The van der Waals surface area contributed by atoms with Crippen molar-refractivity contribution in [1.29, 1.82) is 0 Å². The zero-order valence-electron chi connectivity index (χ0n) is 15.7. The van der Waals surface area contributed by atoms with Crippen LogP contribution >= 0.6 is 0 Å². The van der Waals surface area contributed by atoms with Crippen LogP contribution in [0, 0.1) is 0 Å². The number of aliphatic imine (C=N–C) groups is 1. The molecule has 0 aliphatic carbocycles. The summed E-state index contributed by atoms with van der Waals surface area (Å²) in [5, 5.41) is 3.28. The summed E-state index contributed by atoms with van der Waals surface area (Å²) in [6.45, 7) is 7.93. The lowest BCUT2D eigenvalue weighted by molar-refractivity contribution is 0.0597. The third-order valence-electron chi connectivity index (χ3n) is 3.68. The molecule has 0 saturated carbocycles. The molecule has 0 fully saturated rings. The number of nitrogens with zero attached hydrogens (tertiary/aromatic N) is 2. The summed E-state index contributed by atoms with van der Waals surface area (Å²) in [7, 11) is 4.90. The van der Waals surface area contributed by atoms with Crippen LogP contribution in [0.4, 0.5) is 0 Å². The van der Waals surface area contributed by atoms with Crippen LogP contribution in [0.5, 0.6) is 5.75 Å². The molecule has 0 unspecified atom stereocenters. The Balaban J connectivity index is 2.91. The van der Waals surface area contributed by atoms with Gasteiger partial charge in [-0.05, 0) is 37.5 Å². The lowest BCUT2D eigenvalue weighted by Crippen LogP contribution is -2.39. The third kappa shape index (κ3) is 6.49. The van der Waals surface area contributed by atoms with Gasteiger partial charge in [0.15, 0.2) is 5.96 Å². The Morgan fingerprint density at radius 3 is 2.76 bits per heavy atom. The Hall–Kier alpha value is -2.50. The number of nitrogens with one attached hydrogen (secondary N) is 1. The molecule has 0 bridgehead atoms. The number of ether oxygens (including phenoxy) is 2. The monoisotopic (exact) mass is 347 g/mol. The van der Waals surface area contributed by atoms with Gasteiger partial charge in [-0.25, -0.2) is 9.79 Å². The van der Waals surface area contributed by atoms with Crippen LogP contribution in [0.15, 0.2) is 35.8 Å². The molecule has 0 saturated heterocycles. The maximum absolute atomic E-state index is 11.9. The standard InChI is InChI=1S/C19H29N3O3/c1-6-8-9-12-22(3)19(20-7-2)21-14-15-10-11-17(24-4)16(13-15)18(23)25-5/h6,10-11,13H,1,7-9,12,14H2,2-5H3,(H,20,21). The molecule has 0 aromatic heterocycles. The van der Waals surface area contributed by atoms with Crippen LogP contribution in [0.2, 0.25) is 0 Å². The Labute approximate surface area is 150 Å². The van der Waals surface area contributed by atoms with Crippen molar-refractivity contribution in [3.8, 4) is 5.75 Å². The van der Waals surface area contributed by atoms with Crippen molar-refractivity contribution in [3.63, 3.8) is 0 Å². The molecular formula is C19H29N3O3. The fourth-order valence-corrected chi connectivity index (χ4v) is 2.34. The number of benzene rings is 1. The summed E-state index contributed by atoms with van der Waals surface area (Å²) in [6.07, 6.45) is 3.92. The van der Waals surface area contributed by atoms with Crippen molar-refractivity contribution in [2.24, 2.45) is 4.99 Å². The van der Waals surface area contributed by atoms with Gasteiger partial charge in [0.2, 0.25) is 0 Å². The lowest BCUT2D eigenvalue weighted by Gasteiger charge is -2.21. The molecule has 0 aliphatic heterocycles. The smallest absolute Gasteiger partial charge is 0.341 e. The first-order valence-electron chi connectivity index (χ1n) is 8.42. The van der Waals surface area contributed by atoms with Crippen molar-refractivity contribution >= 4 is 11.9 Å². The third-order valence-corrected chi connectivity index (χ3v) is 3.68. The molecule has 0 aliphatic rings. The van der Waals surface area contributed by atoms with E-state index in [1.54, 1.807) is 12.1 Å². The summed E-state index contributed by atoms with van der Waals surface area (Å²) in [5.41, 5.74) is 1.32. The summed E-state index contributed by atoms with van der Waals surface area (Å²) in [5.74, 6) is 0.908. The number of hydrogen-bond acceptors (Lipinski definition) is 4. The van der Waals surface area contributed by atoms with E-state index in [1.165, 1.54) is 14.2 Å². The van der Waals surface area contributed by atoms with E-state index in [4.69, 9.17) is 9.47 Å². The summed E-state index contributed by atoms with van der Waals surface area (Å²) >= 11 is 0. The molecule has 138 valence electrons. The molecule has 0 heterocycles. The van der Waals surface area contributed by atoms with Crippen LogP contribution in [0.3, 0.4) is 0 Å². The highest BCUT2D eigenvalue weighted by Gasteiger charge is 2.13. The second-order valence-electron chi connectivity index (χ2n) is 5.55. The average Bonchev–Trinajstić information content (AvgIpc) is 2.64. The second-order valence-corrected chi connectivity index (χ2v) is 5.55. The van der Waals surface area contributed by atoms with Crippen molar-refractivity contribution in [2.75, 3.05) is 34.4 Å². The van der Waals surface area contributed by atoms with Crippen LogP contribution in [0.25, 0.3) is 0 Å². The van der Waals surface area contributed by atoms with Crippen LogP contribution in [-0.2, 0) is 11.3 Å². The Kier molecular flexibility index (Phi) is 9.14. The van der Waals surface area contributed by atoms with Crippen LogP contribution in [0.1, 0.15) is 35.7 Å². The van der Waals surface area contributed by atoms with E-state index in [0.29, 0.717) is 17.9 Å². The number of methoxy groups -OCH3 is 2. The number of esters is 1. The molecule has 0 spiro atoms. The van der Waals surface area contributed by atoms with Gasteiger partial charge in [0.25, 0.3) is 0 Å². The summed E-state index contributed by atoms with van der Waals surface area (Å²) < 4.78 is 10.0. The summed E-state index contributed by atoms with van der Waals surface area (Å²) in [4.78, 5) is 18.6. The van der Waals surface area contributed by atoms with Gasteiger partial charge in [-0.2, -0.15) is 0 Å². The number of carbonyl (C=O) groups is 1. The van der Waals surface area contributed by atoms with E-state index < -0.39 is 5.97 Å². The van der Waals surface area contributed by atoms with Gasteiger partial charge >= 0.3 is 5.97 Å². The second kappa shape index (κ2) is 11.1. The van der Waals surface area contributed by atoms with E-state index in [2.05, 4.69) is 21.8 Å². The van der Waals surface area contributed by atoms with E-state index in [1.807, 2.05) is 26.1 Å². The fraction of sp³-hybridized carbons (Fsp3) is 0.474. The maximum atomic E-state index is 11.9. The van der Waals surface area contributed by atoms with Gasteiger partial charge in [0, 0.05) is 20.1 Å². The Bertz CT molecular complexity index is 600. The number of guanidine groups is 1. The van der Waals surface area contributed by atoms with Gasteiger partial charge in [0.05, 0.1) is 20.8 Å². The Morgan fingerprint density at radius 1 is 1.40 bits per heavy atom. The van der Waals surface area contributed by atoms with Crippen molar-refractivity contribution < 1.29 is 14.3 Å². The molecule has 1 aromatic carbocycles. The number of unbranched alkanes of at least 4 members (excludes halogenated alkanes) is 1. The highest BCUT2D eigenvalue weighted by atomic mass is 16.5. The number of carbonyl (C=O) groups excluding carboxylic acids is 1. The number of rotatable bonds is 9. The molecule has 0 amide bonds. The van der Waals surface area contributed by atoms with Gasteiger partial charge in [-0.1, -0.05) is 12.1 Å². The van der Waals surface area contributed by atoms with E-state index >= 15 is 0 Å². The Morgan fingerprint density at radius 2 is 2.16 bits per heavy atom. The highest BCUT2D eigenvalue weighted by Crippen LogP contribution is 2.21. The minimum absolute atomic E-state index is 0.405. The SMILES string of the molecule is C=CCCCN(C)C(=NCc1ccc(OC)c(C(=O)OC)c1)NCC. The molecule has 0 radical (unpaired) electrons. The summed E-state index contributed by atoms with van der Waals surface area (Å²) in [6, 6.07) is 5.42. The molecule has 6 heteroatoms. The predicted molar refractivity (Wildman–Crippen MR) is 101 cm³/mol. The molecule has 1 N–H and O–H groups in total. The zero-order chi connectivity index (χ0) is 18.7. The predicted octanol–water partition coefficient (Wildman–Crippen LogP) is 2.85. The number of allylic oxidation sites excluding steroid dienone is 1. The van der Waals surface area contributed by atoms with Crippen molar-refractivity contribution in [1.82, 2.24) is 10.2 Å². The van der Waals surface area contributed by atoms with Gasteiger partial charge < -0.3 is 19.7 Å². The zero-order valence-corrected chi connectivity index (χ0v) is 15.7. The number of hydrogen-bond donors (Lipinski definition) is 1. The highest BCUT2D eigenvalue weighted by molar-refractivity contribution is 5.92. The molecule has 1 rings (SSSR count). The molecule has 25 heavy (non-hydrogen) atoms. The quantitative estimate of drug-likeness (QED) is 0.245. The minimum atomic E-state index is -0.420. The maximum Gasteiger partial charge on any atom is 0.341 e. The van der Waals surface area contributed by atoms with E-state index in [9.17, 15) is 4.79 Å². The van der Waals surface area contributed by atoms with E-state index in [0.717, 1.165) is 37.5 Å². The average molecular weight is 347 g/mol. The van der Waals surface area contributed by atoms with Crippen molar-refractivity contribution in [3.05, 3.63) is 42.0 Å². The lowest BCUT2D eigenvalue weighted by atomic mass is 10.1. The van der Waals surface area contributed by atoms with E-state index in [-0.39, 0.29) is 0 Å². The largest absolute Gasteiger partial charge is 0.496 e.